The van der Waals surface area contributed by atoms with Gasteiger partial charge in [0.15, 0.2) is 5.82 Å². The molecule has 0 aliphatic rings. The first kappa shape index (κ1) is 76.8. The zero-order valence-corrected chi connectivity index (χ0v) is 60.8. The summed E-state index contributed by atoms with van der Waals surface area (Å²) < 4.78 is 0. The molecule has 1 aromatic heterocycles. The highest BCUT2D eigenvalue weighted by Gasteiger charge is 2.19. The van der Waals surface area contributed by atoms with E-state index >= 15 is 0 Å². The molecule has 86 heavy (non-hydrogen) atoms. The van der Waals surface area contributed by atoms with Gasteiger partial charge in [0.05, 0.1) is 0 Å². The van der Waals surface area contributed by atoms with Gasteiger partial charge in [-0.3, -0.25) is 0 Å². The molecule has 1 radical (unpaired) electrons. The fourth-order valence-electron chi connectivity index (χ4n) is 10.9. The average Bonchev–Trinajstić information content (AvgIpc) is 3.71. The van der Waals surface area contributed by atoms with Gasteiger partial charge in [-0.05, 0) is 103 Å². The molecule has 1 heterocycles. The molecular weight excluding hydrogens is 1160 g/mol. The van der Waals surface area contributed by atoms with Gasteiger partial charge < -0.3 is 10.6 Å². The van der Waals surface area contributed by atoms with Crippen LogP contribution in [-0.4, -0.2) is 49.5 Å². The lowest BCUT2D eigenvalue weighted by atomic mass is 10.1. The van der Waals surface area contributed by atoms with E-state index in [1.54, 1.807) is 0 Å². The van der Waals surface area contributed by atoms with Crippen molar-refractivity contribution in [1.82, 2.24) is 15.0 Å². The summed E-state index contributed by atoms with van der Waals surface area (Å²) in [5.74, 6) is 8.74. The molecule has 0 fully saturated rings. The summed E-state index contributed by atoms with van der Waals surface area (Å²) in [5, 5.41) is 7.69. The Morgan fingerprint density at radius 1 is 0.291 bits per heavy atom. The van der Waals surface area contributed by atoms with Crippen molar-refractivity contribution in [3.63, 3.8) is 0 Å². The number of nitrogens with zero attached hydrogens (tertiary/aromatic N) is 3. The first-order valence-electron chi connectivity index (χ1n) is 35.9. The van der Waals surface area contributed by atoms with Crippen LogP contribution in [-0.2, 0) is 0 Å². The number of aromatic nitrogens is 3. The second kappa shape index (κ2) is 54.0. The maximum Gasteiger partial charge on any atom is 0.232 e. The van der Waals surface area contributed by atoms with Crippen molar-refractivity contribution in [2.45, 2.75) is 341 Å². The van der Waals surface area contributed by atoms with E-state index in [1.165, 1.54) is 311 Å². The van der Waals surface area contributed by atoms with Crippen molar-refractivity contribution in [1.29, 1.82) is 0 Å². The highest BCUT2D eigenvalue weighted by Crippen LogP contribution is 2.45. The van der Waals surface area contributed by atoms with E-state index in [0.717, 1.165) is 39.9 Å². The molecule has 0 saturated heterocycles. The summed E-state index contributed by atoms with van der Waals surface area (Å²) in [5.41, 5.74) is 3.09. The molecular formula is C75H124N5S6. The molecule has 2 N–H and O–H groups in total. The van der Waals surface area contributed by atoms with Gasteiger partial charge in [-0.2, -0.15) is 15.0 Å². The van der Waals surface area contributed by atoms with Crippen molar-refractivity contribution in [3.05, 3.63) is 54.6 Å². The fraction of sp³-hybridized carbons (Fsp3) is 0.720. The van der Waals surface area contributed by atoms with Crippen LogP contribution in [0.1, 0.15) is 311 Å². The van der Waals surface area contributed by atoms with Gasteiger partial charge in [0.25, 0.3) is 0 Å². The van der Waals surface area contributed by atoms with Crippen LogP contribution in [0, 0.1) is 6.07 Å². The number of benzene rings is 3. The summed E-state index contributed by atoms with van der Waals surface area (Å²) in [4.78, 5) is 24.4. The van der Waals surface area contributed by atoms with E-state index in [-0.39, 0.29) is 0 Å². The standard InChI is InChI=1S/C75H124N5S6/c1-7-13-19-25-31-37-46-54-81-67-60-65(61-68(82-55-47-38-32-26-20-14-8-2)71(67)85-58-50-41-35-29-23-17-11-5)76-74-78-73(64-52-44-43-45-53-64)79-75(80-74)77-66-62-69(83-56-48-39-33-27-21-15-9-3)72(86-59-51-42-36-30-24-18-12-6)70(63-66)84-57-49-40-34-28-22-16-10-4/h44-45,52-53,60-63H,7-42,46-51,54-59H2,1-6H3,(H2,76,77,78,79,80). The maximum atomic E-state index is 5.28. The number of unbranched alkanes of at least 4 members (excludes halogenated alkanes) is 36. The Bertz CT molecular complexity index is 2010. The van der Waals surface area contributed by atoms with Crippen LogP contribution in [0.5, 0.6) is 0 Å². The van der Waals surface area contributed by atoms with Gasteiger partial charge >= 0.3 is 0 Å². The fourth-order valence-corrected chi connectivity index (χ4v) is 18.4. The third-order valence-electron chi connectivity index (χ3n) is 16.2. The number of rotatable bonds is 59. The van der Waals surface area contributed by atoms with Gasteiger partial charge in [0, 0.05) is 46.3 Å². The molecule has 0 unspecified atom stereocenters. The van der Waals surface area contributed by atoms with Crippen LogP contribution >= 0.6 is 70.6 Å². The van der Waals surface area contributed by atoms with E-state index in [2.05, 4.69) is 165 Å². The smallest absolute Gasteiger partial charge is 0.232 e. The summed E-state index contributed by atoms with van der Waals surface area (Å²) >= 11 is 12.6. The Morgan fingerprint density at radius 2 is 0.523 bits per heavy atom. The topological polar surface area (TPSA) is 62.7 Å². The highest BCUT2D eigenvalue weighted by molar-refractivity contribution is 8.04. The molecule has 11 heteroatoms. The number of hydrogen-bond acceptors (Lipinski definition) is 11. The zero-order chi connectivity index (χ0) is 61.0. The molecule has 0 spiro atoms. The minimum atomic E-state index is 0.573. The Kier molecular flexibility index (Phi) is 48.2. The molecule has 4 aromatic rings. The molecule has 0 amide bonds. The lowest BCUT2D eigenvalue weighted by Crippen LogP contribution is -2.06. The molecule has 0 bridgehead atoms. The Labute approximate surface area is 556 Å². The van der Waals surface area contributed by atoms with Crippen LogP contribution in [0.3, 0.4) is 0 Å². The molecule has 0 aliphatic carbocycles. The van der Waals surface area contributed by atoms with Crippen molar-refractivity contribution in [2.24, 2.45) is 0 Å². The number of anilines is 4. The van der Waals surface area contributed by atoms with Crippen LogP contribution < -0.4 is 10.6 Å². The van der Waals surface area contributed by atoms with Crippen molar-refractivity contribution in [3.8, 4) is 11.4 Å². The number of nitrogens with one attached hydrogen (secondary N) is 2. The molecule has 5 nitrogen and oxygen atoms in total. The molecule has 4 rings (SSSR count). The molecule has 0 aliphatic heterocycles. The van der Waals surface area contributed by atoms with Gasteiger partial charge in [-0.1, -0.05) is 297 Å². The van der Waals surface area contributed by atoms with Crippen molar-refractivity contribution in [2.75, 3.05) is 45.2 Å². The normalized spacial score (nSPS) is 11.6. The SMILES string of the molecule is CCCCCCCCCSc1cc(Nc2nc(Nc3cc(SCCCCCCCCC)c(SCCCCCCCCC)c(SCCCCCCCCC)c3)nc(-c3cc[c]cc3)n2)cc(SCCCCCCCCC)c1SCCCCCCCCC. The lowest BCUT2D eigenvalue weighted by molar-refractivity contribution is 0.603. The Morgan fingerprint density at radius 3 is 0.779 bits per heavy atom. The van der Waals surface area contributed by atoms with E-state index in [4.69, 9.17) is 15.0 Å². The van der Waals surface area contributed by atoms with Crippen LogP contribution in [0.25, 0.3) is 11.4 Å². The monoisotopic (exact) mass is 1290 g/mol. The second-order valence-corrected chi connectivity index (χ2v) is 31.0. The Balaban J connectivity index is 1.73. The van der Waals surface area contributed by atoms with Gasteiger partial charge in [0.2, 0.25) is 11.9 Å². The summed E-state index contributed by atoms with van der Waals surface area (Å²) in [6.07, 6.45) is 56.1. The van der Waals surface area contributed by atoms with Gasteiger partial charge in [0.1, 0.15) is 0 Å². The third kappa shape index (κ3) is 36.4. The summed E-state index contributed by atoms with van der Waals surface area (Å²) in [6, 6.07) is 21.0. The van der Waals surface area contributed by atoms with E-state index in [9.17, 15) is 0 Å². The first-order chi connectivity index (χ1) is 42.5. The quantitative estimate of drug-likeness (QED) is 0.0328. The molecule has 485 valence electrons. The predicted molar refractivity (Wildman–Crippen MR) is 396 cm³/mol. The van der Waals surface area contributed by atoms with Crippen LogP contribution in [0.2, 0.25) is 0 Å². The third-order valence-corrected chi connectivity index (χ3v) is 23.6. The lowest BCUT2D eigenvalue weighted by Gasteiger charge is -2.19. The van der Waals surface area contributed by atoms with Gasteiger partial charge in [-0.15, -0.1) is 70.6 Å². The second-order valence-electron chi connectivity index (χ2n) is 24.3. The minimum absolute atomic E-state index is 0.573. The van der Waals surface area contributed by atoms with E-state index in [0.29, 0.717) is 17.7 Å². The summed E-state index contributed by atoms with van der Waals surface area (Å²) in [7, 11) is 0. The number of hydrogen-bond donors (Lipinski definition) is 2. The molecule has 0 atom stereocenters. The van der Waals surface area contributed by atoms with Crippen molar-refractivity contribution >= 4 is 93.8 Å². The first-order valence-corrected chi connectivity index (χ1v) is 41.8. The minimum Gasteiger partial charge on any atom is -0.324 e. The largest absolute Gasteiger partial charge is 0.324 e. The number of thioether (sulfide) groups is 6. The van der Waals surface area contributed by atoms with E-state index in [1.807, 2.05) is 12.1 Å². The Hall–Kier alpha value is -1.63. The van der Waals surface area contributed by atoms with Gasteiger partial charge in [-0.25, -0.2) is 0 Å². The van der Waals surface area contributed by atoms with Crippen LogP contribution in [0.4, 0.5) is 23.3 Å². The molecule has 3 aromatic carbocycles. The predicted octanol–water partition coefficient (Wildman–Crippen LogP) is 27.9. The summed E-state index contributed by atoms with van der Waals surface area (Å²) in [6.45, 7) is 13.9. The molecule has 0 saturated carbocycles. The van der Waals surface area contributed by atoms with Crippen molar-refractivity contribution < 1.29 is 0 Å². The highest BCUT2D eigenvalue weighted by atomic mass is 32.2. The maximum absolute atomic E-state index is 5.28. The van der Waals surface area contributed by atoms with E-state index < -0.39 is 0 Å². The zero-order valence-electron chi connectivity index (χ0n) is 55.9. The van der Waals surface area contributed by atoms with Crippen LogP contribution in [0.15, 0.2) is 77.9 Å². The average molecular weight is 1290 g/mol.